The second-order valence-corrected chi connectivity index (χ2v) is 5.95. The lowest BCUT2D eigenvalue weighted by Crippen LogP contribution is -2.26. The third-order valence-corrected chi connectivity index (χ3v) is 4.69. The van der Waals surface area contributed by atoms with Gasteiger partial charge in [-0.05, 0) is 62.7 Å². The maximum Gasteiger partial charge on any atom is 0.316 e. The van der Waals surface area contributed by atoms with E-state index in [1.54, 1.807) is 0 Å². The third kappa shape index (κ3) is 2.47. The largest absolute Gasteiger partial charge is 0.465 e. The number of piperidine rings is 1. The van der Waals surface area contributed by atoms with Crippen LogP contribution >= 0.6 is 0 Å². The Morgan fingerprint density at radius 3 is 2.45 bits per heavy atom. The normalized spacial score (nSPS) is 21.4. The minimum atomic E-state index is -0.331. The van der Waals surface area contributed by atoms with E-state index in [1.165, 1.54) is 18.4 Å². The van der Waals surface area contributed by atoms with Gasteiger partial charge >= 0.3 is 5.97 Å². The first kappa shape index (κ1) is 13.6. The molecule has 0 spiro atoms. The Labute approximate surface area is 120 Å². The number of hydrogen-bond donors (Lipinski definition) is 1. The first-order valence-electron chi connectivity index (χ1n) is 7.74. The summed E-state index contributed by atoms with van der Waals surface area (Å²) in [6, 6.07) is 8.71. The summed E-state index contributed by atoms with van der Waals surface area (Å²) in [6.07, 6.45) is 4.28. The van der Waals surface area contributed by atoms with Crippen LogP contribution in [-0.2, 0) is 14.9 Å². The van der Waals surface area contributed by atoms with Crippen molar-refractivity contribution in [1.29, 1.82) is 0 Å². The molecule has 2 aliphatic rings. The quantitative estimate of drug-likeness (QED) is 0.857. The molecule has 108 valence electrons. The van der Waals surface area contributed by atoms with Crippen molar-refractivity contribution >= 4 is 5.97 Å². The summed E-state index contributed by atoms with van der Waals surface area (Å²) in [7, 11) is 0. The third-order valence-electron chi connectivity index (χ3n) is 4.69. The lowest BCUT2D eigenvalue weighted by atomic mass is 9.87. The van der Waals surface area contributed by atoms with Crippen LogP contribution in [0.15, 0.2) is 24.3 Å². The number of carbonyl (C=O) groups excluding carboxylic acids is 1. The van der Waals surface area contributed by atoms with Gasteiger partial charge in [0.25, 0.3) is 0 Å². The first-order valence-corrected chi connectivity index (χ1v) is 7.74. The molecule has 0 atom stereocenters. The molecule has 0 radical (unpaired) electrons. The van der Waals surface area contributed by atoms with E-state index in [1.807, 2.05) is 6.92 Å². The highest BCUT2D eigenvalue weighted by atomic mass is 16.5. The fourth-order valence-corrected chi connectivity index (χ4v) is 3.23. The van der Waals surface area contributed by atoms with Gasteiger partial charge in [0.05, 0.1) is 12.0 Å². The van der Waals surface area contributed by atoms with Gasteiger partial charge in [0.2, 0.25) is 0 Å². The van der Waals surface area contributed by atoms with Crippen molar-refractivity contribution in [3.05, 3.63) is 35.4 Å². The van der Waals surface area contributed by atoms with E-state index in [9.17, 15) is 4.79 Å². The molecule has 0 aromatic heterocycles. The smallest absolute Gasteiger partial charge is 0.316 e. The second kappa shape index (κ2) is 5.57. The van der Waals surface area contributed by atoms with Crippen molar-refractivity contribution in [1.82, 2.24) is 5.32 Å². The Morgan fingerprint density at radius 1 is 1.25 bits per heavy atom. The lowest BCUT2D eigenvalue weighted by Gasteiger charge is -2.23. The van der Waals surface area contributed by atoms with Gasteiger partial charge in [0.1, 0.15) is 0 Å². The fourth-order valence-electron chi connectivity index (χ4n) is 3.23. The zero-order valence-corrected chi connectivity index (χ0v) is 12.2. The summed E-state index contributed by atoms with van der Waals surface area (Å²) in [5, 5.41) is 3.40. The highest BCUT2D eigenvalue weighted by Gasteiger charge is 2.52. The van der Waals surface area contributed by atoms with Crippen LogP contribution in [0.4, 0.5) is 0 Å². The average molecular weight is 273 g/mol. The topological polar surface area (TPSA) is 38.3 Å². The number of ether oxygens (including phenoxy) is 1. The Hall–Kier alpha value is -1.35. The first-order chi connectivity index (χ1) is 9.76. The molecular formula is C17H23NO2. The number of benzene rings is 1. The van der Waals surface area contributed by atoms with Crippen LogP contribution in [0.25, 0.3) is 0 Å². The average Bonchev–Trinajstić information content (AvgIpc) is 3.30. The Kier molecular flexibility index (Phi) is 3.79. The van der Waals surface area contributed by atoms with Crippen molar-refractivity contribution in [2.24, 2.45) is 0 Å². The van der Waals surface area contributed by atoms with Crippen LogP contribution < -0.4 is 5.32 Å². The molecule has 0 bridgehead atoms. The van der Waals surface area contributed by atoms with E-state index in [-0.39, 0.29) is 11.4 Å². The van der Waals surface area contributed by atoms with E-state index in [4.69, 9.17) is 4.74 Å². The number of esters is 1. The predicted molar refractivity (Wildman–Crippen MR) is 78.8 cm³/mol. The van der Waals surface area contributed by atoms with Crippen LogP contribution in [-0.4, -0.2) is 25.7 Å². The standard InChI is InChI=1S/C17H23NO2/c1-2-20-16(19)17(9-10-17)15-5-3-13(4-6-15)14-7-11-18-12-8-14/h3-6,14,18H,2,7-12H2,1H3. The molecule has 1 aliphatic carbocycles. The Balaban J connectivity index is 1.74. The molecule has 3 nitrogen and oxygen atoms in total. The summed E-state index contributed by atoms with van der Waals surface area (Å²) in [4.78, 5) is 12.1. The molecule has 20 heavy (non-hydrogen) atoms. The molecule has 3 rings (SSSR count). The van der Waals surface area contributed by atoms with Crippen molar-refractivity contribution in [3.8, 4) is 0 Å². The number of carbonyl (C=O) groups is 1. The summed E-state index contributed by atoms with van der Waals surface area (Å²) < 4.78 is 5.22. The minimum Gasteiger partial charge on any atom is -0.465 e. The predicted octanol–water partition coefficient (Wildman–Crippen LogP) is 2.75. The number of hydrogen-bond acceptors (Lipinski definition) is 3. The number of nitrogens with one attached hydrogen (secondary N) is 1. The molecule has 2 fully saturated rings. The van der Waals surface area contributed by atoms with Crippen LogP contribution in [0.3, 0.4) is 0 Å². The minimum absolute atomic E-state index is 0.0467. The highest BCUT2D eigenvalue weighted by molar-refractivity contribution is 5.86. The van der Waals surface area contributed by atoms with Crippen LogP contribution in [0.5, 0.6) is 0 Å². The van der Waals surface area contributed by atoms with Gasteiger partial charge < -0.3 is 10.1 Å². The number of rotatable bonds is 4. The molecule has 1 aromatic rings. The molecule has 3 heteroatoms. The van der Waals surface area contributed by atoms with Crippen LogP contribution in [0.2, 0.25) is 0 Å². The summed E-state index contributed by atoms with van der Waals surface area (Å²) >= 11 is 0. The van der Waals surface area contributed by atoms with Gasteiger partial charge in [-0.3, -0.25) is 4.79 Å². The zero-order valence-electron chi connectivity index (χ0n) is 12.2. The monoisotopic (exact) mass is 273 g/mol. The van der Waals surface area contributed by atoms with Gasteiger partial charge in [-0.15, -0.1) is 0 Å². The van der Waals surface area contributed by atoms with Gasteiger partial charge in [-0.2, -0.15) is 0 Å². The molecule has 1 saturated heterocycles. The van der Waals surface area contributed by atoms with Crippen LogP contribution in [0, 0.1) is 0 Å². The van der Waals surface area contributed by atoms with Gasteiger partial charge in [-0.25, -0.2) is 0 Å². The zero-order chi connectivity index (χ0) is 14.0. The van der Waals surface area contributed by atoms with E-state index < -0.39 is 0 Å². The van der Waals surface area contributed by atoms with E-state index in [0.717, 1.165) is 31.5 Å². The Bertz CT molecular complexity index is 470. The van der Waals surface area contributed by atoms with Gasteiger partial charge in [0, 0.05) is 0 Å². The lowest BCUT2D eigenvalue weighted by molar-refractivity contribution is -0.146. The Morgan fingerprint density at radius 2 is 1.90 bits per heavy atom. The summed E-state index contributed by atoms with van der Waals surface area (Å²) in [5.74, 6) is 0.623. The molecule has 0 amide bonds. The van der Waals surface area contributed by atoms with Crippen molar-refractivity contribution in [3.63, 3.8) is 0 Å². The van der Waals surface area contributed by atoms with Crippen LogP contribution in [0.1, 0.15) is 49.7 Å². The second-order valence-electron chi connectivity index (χ2n) is 5.95. The molecule has 1 N–H and O–H groups in total. The van der Waals surface area contributed by atoms with Gasteiger partial charge in [0.15, 0.2) is 0 Å². The van der Waals surface area contributed by atoms with Crippen molar-refractivity contribution < 1.29 is 9.53 Å². The highest BCUT2D eigenvalue weighted by Crippen LogP contribution is 2.49. The van der Waals surface area contributed by atoms with E-state index >= 15 is 0 Å². The summed E-state index contributed by atoms with van der Waals surface area (Å²) in [5.41, 5.74) is 2.21. The molecule has 1 aromatic carbocycles. The maximum absolute atomic E-state index is 12.1. The molecule has 1 saturated carbocycles. The van der Waals surface area contributed by atoms with E-state index in [2.05, 4.69) is 29.6 Å². The van der Waals surface area contributed by atoms with E-state index in [0.29, 0.717) is 12.5 Å². The SMILES string of the molecule is CCOC(=O)C1(c2ccc(C3CCNCC3)cc2)CC1. The molecule has 0 unspecified atom stereocenters. The van der Waals surface area contributed by atoms with Crippen molar-refractivity contribution in [2.45, 2.75) is 43.9 Å². The molecular weight excluding hydrogens is 250 g/mol. The van der Waals surface area contributed by atoms with Gasteiger partial charge in [-0.1, -0.05) is 24.3 Å². The summed E-state index contributed by atoms with van der Waals surface area (Å²) in [6.45, 7) is 4.56. The fraction of sp³-hybridized carbons (Fsp3) is 0.588. The molecule has 1 aliphatic heterocycles. The maximum atomic E-state index is 12.1. The van der Waals surface area contributed by atoms with Crippen molar-refractivity contribution in [2.75, 3.05) is 19.7 Å². The molecule has 1 heterocycles.